The largest absolute Gasteiger partial charge is 0.0885 e. The standard InChI is InChI=1S/C15H30/c1-6-7-8-9-10-11-12-14(4)15(5)13(2)3/h10-11,13-15H,6-9,12H2,1-5H3. The van der Waals surface area contributed by atoms with Crippen LogP contribution in [-0.4, -0.2) is 0 Å². The second-order valence-electron chi connectivity index (χ2n) is 5.28. The Labute approximate surface area is 97.2 Å². The molecule has 0 radical (unpaired) electrons. The highest BCUT2D eigenvalue weighted by molar-refractivity contribution is 4.84. The molecule has 0 bridgehead atoms. The van der Waals surface area contributed by atoms with Crippen molar-refractivity contribution in [1.29, 1.82) is 0 Å². The van der Waals surface area contributed by atoms with Crippen LogP contribution in [0.1, 0.15) is 66.7 Å². The van der Waals surface area contributed by atoms with Crippen molar-refractivity contribution in [2.24, 2.45) is 17.8 Å². The molecule has 0 aromatic heterocycles. The van der Waals surface area contributed by atoms with Gasteiger partial charge in [0.25, 0.3) is 0 Å². The van der Waals surface area contributed by atoms with Crippen LogP contribution in [0.2, 0.25) is 0 Å². The monoisotopic (exact) mass is 210 g/mol. The minimum absolute atomic E-state index is 0.813. The van der Waals surface area contributed by atoms with E-state index in [1.807, 2.05) is 0 Å². The van der Waals surface area contributed by atoms with Gasteiger partial charge in [0.05, 0.1) is 0 Å². The van der Waals surface area contributed by atoms with Crippen LogP contribution in [0.5, 0.6) is 0 Å². The first-order chi connectivity index (χ1) is 7.09. The van der Waals surface area contributed by atoms with Gasteiger partial charge < -0.3 is 0 Å². The third-order valence-corrected chi connectivity index (χ3v) is 3.60. The molecule has 0 aliphatic heterocycles. The van der Waals surface area contributed by atoms with E-state index in [0.29, 0.717) is 0 Å². The quantitative estimate of drug-likeness (QED) is 0.369. The maximum Gasteiger partial charge on any atom is -0.0322 e. The zero-order valence-corrected chi connectivity index (χ0v) is 11.4. The number of hydrogen-bond donors (Lipinski definition) is 0. The van der Waals surface area contributed by atoms with Crippen LogP contribution in [0.4, 0.5) is 0 Å². The summed E-state index contributed by atoms with van der Waals surface area (Å²) in [4.78, 5) is 0. The lowest BCUT2D eigenvalue weighted by Gasteiger charge is -2.22. The van der Waals surface area contributed by atoms with Crippen LogP contribution in [0, 0.1) is 17.8 Å². The van der Waals surface area contributed by atoms with Gasteiger partial charge in [0.15, 0.2) is 0 Å². The molecule has 0 nitrogen and oxygen atoms in total. The fourth-order valence-electron chi connectivity index (χ4n) is 1.81. The summed E-state index contributed by atoms with van der Waals surface area (Å²) in [5.41, 5.74) is 0. The van der Waals surface area contributed by atoms with Crippen molar-refractivity contribution in [2.45, 2.75) is 66.7 Å². The van der Waals surface area contributed by atoms with Crippen LogP contribution in [0.15, 0.2) is 12.2 Å². The number of hydrogen-bond acceptors (Lipinski definition) is 0. The topological polar surface area (TPSA) is 0 Å². The van der Waals surface area contributed by atoms with Crippen molar-refractivity contribution < 1.29 is 0 Å². The Balaban J connectivity index is 3.56. The summed E-state index contributed by atoms with van der Waals surface area (Å²) >= 11 is 0. The van der Waals surface area contributed by atoms with Crippen molar-refractivity contribution in [1.82, 2.24) is 0 Å². The second kappa shape index (κ2) is 9.00. The van der Waals surface area contributed by atoms with Gasteiger partial charge >= 0.3 is 0 Å². The van der Waals surface area contributed by atoms with Crippen molar-refractivity contribution in [3.05, 3.63) is 12.2 Å². The van der Waals surface area contributed by atoms with Gasteiger partial charge in [0.2, 0.25) is 0 Å². The van der Waals surface area contributed by atoms with E-state index in [0.717, 1.165) is 17.8 Å². The Morgan fingerprint density at radius 2 is 1.60 bits per heavy atom. The van der Waals surface area contributed by atoms with Gasteiger partial charge in [-0.15, -0.1) is 0 Å². The average Bonchev–Trinajstić information content (AvgIpc) is 2.21. The highest BCUT2D eigenvalue weighted by atomic mass is 14.2. The highest BCUT2D eigenvalue weighted by Crippen LogP contribution is 2.23. The van der Waals surface area contributed by atoms with Gasteiger partial charge in [-0.25, -0.2) is 0 Å². The molecule has 0 saturated heterocycles. The molecular formula is C15H30. The third-order valence-electron chi connectivity index (χ3n) is 3.60. The van der Waals surface area contributed by atoms with E-state index < -0.39 is 0 Å². The Bertz CT molecular complexity index is 155. The van der Waals surface area contributed by atoms with Gasteiger partial charge in [-0.1, -0.05) is 59.6 Å². The minimum Gasteiger partial charge on any atom is -0.0885 e. The molecule has 0 N–H and O–H groups in total. The predicted molar refractivity (Wildman–Crippen MR) is 71.1 cm³/mol. The van der Waals surface area contributed by atoms with Gasteiger partial charge in [-0.05, 0) is 37.0 Å². The Hall–Kier alpha value is -0.260. The Morgan fingerprint density at radius 3 is 2.13 bits per heavy atom. The van der Waals surface area contributed by atoms with Gasteiger partial charge in [0.1, 0.15) is 0 Å². The molecule has 0 aliphatic carbocycles. The predicted octanol–water partition coefficient (Wildman–Crippen LogP) is 5.44. The number of rotatable bonds is 8. The van der Waals surface area contributed by atoms with E-state index in [-0.39, 0.29) is 0 Å². The summed E-state index contributed by atoms with van der Waals surface area (Å²) in [5.74, 6) is 2.48. The van der Waals surface area contributed by atoms with Crippen molar-refractivity contribution in [3.8, 4) is 0 Å². The average molecular weight is 210 g/mol. The summed E-state index contributed by atoms with van der Waals surface area (Å²) < 4.78 is 0. The first-order valence-electron chi connectivity index (χ1n) is 6.74. The van der Waals surface area contributed by atoms with Crippen molar-refractivity contribution in [3.63, 3.8) is 0 Å². The summed E-state index contributed by atoms with van der Waals surface area (Å²) in [7, 11) is 0. The molecule has 0 heteroatoms. The maximum absolute atomic E-state index is 2.39. The summed E-state index contributed by atoms with van der Waals surface area (Å²) in [6, 6.07) is 0. The van der Waals surface area contributed by atoms with E-state index in [1.54, 1.807) is 0 Å². The molecule has 90 valence electrons. The lowest BCUT2D eigenvalue weighted by Crippen LogP contribution is -2.13. The molecule has 0 amide bonds. The molecule has 15 heavy (non-hydrogen) atoms. The van der Waals surface area contributed by atoms with E-state index in [9.17, 15) is 0 Å². The summed E-state index contributed by atoms with van der Waals surface area (Å²) in [5, 5.41) is 0. The smallest absolute Gasteiger partial charge is 0.0322 e. The fourth-order valence-corrected chi connectivity index (χ4v) is 1.81. The third kappa shape index (κ3) is 7.64. The van der Waals surface area contributed by atoms with Crippen LogP contribution in [0.3, 0.4) is 0 Å². The molecule has 0 saturated carbocycles. The van der Waals surface area contributed by atoms with E-state index in [2.05, 4.69) is 46.8 Å². The van der Waals surface area contributed by atoms with Crippen LogP contribution < -0.4 is 0 Å². The number of unbranched alkanes of at least 4 members (excludes halogenated alkanes) is 3. The molecule has 2 unspecified atom stereocenters. The molecule has 2 atom stereocenters. The maximum atomic E-state index is 2.39. The normalized spacial score (nSPS) is 16.1. The first-order valence-corrected chi connectivity index (χ1v) is 6.74. The first kappa shape index (κ1) is 14.7. The minimum atomic E-state index is 0.813. The summed E-state index contributed by atoms with van der Waals surface area (Å²) in [6.07, 6.45) is 11.4. The van der Waals surface area contributed by atoms with Crippen molar-refractivity contribution in [2.75, 3.05) is 0 Å². The molecule has 0 aromatic carbocycles. The lowest BCUT2D eigenvalue weighted by molar-refractivity contribution is 0.298. The van der Waals surface area contributed by atoms with Crippen LogP contribution in [0.25, 0.3) is 0 Å². The molecular weight excluding hydrogens is 180 g/mol. The number of allylic oxidation sites excluding steroid dienone is 2. The molecule has 0 fully saturated rings. The summed E-state index contributed by atoms with van der Waals surface area (Å²) in [6.45, 7) is 11.7. The highest BCUT2D eigenvalue weighted by Gasteiger charge is 2.13. The zero-order chi connectivity index (χ0) is 11.7. The Morgan fingerprint density at radius 1 is 0.933 bits per heavy atom. The van der Waals surface area contributed by atoms with Crippen LogP contribution in [-0.2, 0) is 0 Å². The molecule has 0 heterocycles. The van der Waals surface area contributed by atoms with E-state index >= 15 is 0 Å². The van der Waals surface area contributed by atoms with Gasteiger partial charge in [-0.2, -0.15) is 0 Å². The van der Waals surface area contributed by atoms with Crippen LogP contribution >= 0.6 is 0 Å². The second-order valence-corrected chi connectivity index (χ2v) is 5.28. The van der Waals surface area contributed by atoms with Gasteiger partial charge in [-0.3, -0.25) is 0 Å². The fraction of sp³-hybridized carbons (Fsp3) is 0.867. The van der Waals surface area contributed by atoms with Crippen molar-refractivity contribution >= 4 is 0 Å². The van der Waals surface area contributed by atoms with Gasteiger partial charge in [0, 0.05) is 0 Å². The van der Waals surface area contributed by atoms with E-state index in [1.165, 1.54) is 32.1 Å². The lowest BCUT2D eigenvalue weighted by atomic mass is 9.84. The zero-order valence-electron chi connectivity index (χ0n) is 11.4. The molecule has 0 rings (SSSR count). The molecule has 0 aromatic rings. The molecule has 0 spiro atoms. The van der Waals surface area contributed by atoms with E-state index in [4.69, 9.17) is 0 Å². The Kier molecular flexibility index (Phi) is 8.85. The SMILES string of the molecule is CCCCCC=CCC(C)C(C)C(C)C. The molecule has 0 aliphatic rings.